The summed E-state index contributed by atoms with van der Waals surface area (Å²) in [4.78, 5) is 36.7. The molecule has 160 valence electrons. The van der Waals surface area contributed by atoms with Gasteiger partial charge in [-0.25, -0.2) is 4.79 Å². The Labute approximate surface area is 187 Å². The molecular formula is C21H18N2O6S2. The van der Waals surface area contributed by atoms with Crippen molar-refractivity contribution in [1.29, 1.82) is 0 Å². The number of ether oxygens (including phenoxy) is 1. The Morgan fingerprint density at radius 3 is 2.68 bits per heavy atom. The number of hydrogen-bond acceptors (Lipinski definition) is 7. The second-order valence-corrected chi connectivity index (χ2v) is 8.07. The lowest BCUT2D eigenvalue weighted by atomic mass is 10.1. The van der Waals surface area contributed by atoms with E-state index in [-0.39, 0.29) is 27.0 Å². The first-order valence-corrected chi connectivity index (χ1v) is 10.4. The van der Waals surface area contributed by atoms with Crippen molar-refractivity contribution in [3.05, 3.63) is 64.6 Å². The number of aromatic hydroxyl groups is 1. The number of hydrazine groups is 1. The molecule has 3 rings (SSSR count). The maximum Gasteiger partial charge on any atom is 0.344 e. The standard InChI is InChI=1S/C21H18N2O6S2/c1-2-15(20(27)28)29-16-9-4-3-6-12(16)11-17-19(26)23(21(30)31-17)22-18(25)13-7-5-8-14(24)10-13/h3-11,15,24H,2H2,1H3,(H,22,25)(H,27,28)/b17-11-. The van der Waals surface area contributed by atoms with E-state index in [9.17, 15) is 24.6 Å². The fraction of sp³-hybridized carbons (Fsp3) is 0.143. The fourth-order valence-corrected chi connectivity index (χ4v) is 3.86. The van der Waals surface area contributed by atoms with E-state index in [0.29, 0.717) is 11.3 Å². The molecule has 0 aromatic heterocycles. The van der Waals surface area contributed by atoms with Gasteiger partial charge in [-0.2, -0.15) is 5.01 Å². The predicted octanol–water partition coefficient (Wildman–Crippen LogP) is 3.18. The number of carbonyl (C=O) groups excluding carboxylic acids is 2. The third-order valence-corrected chi connectivity index (χ3v) is 5.54. The van der Waals surface area contributed by atoms with Crippen LogP contribution < -0.4 is 10.2 Å². The molecule has 1 heterocycles. The van der Waals surface area contributed by atoms with Gasteiger partial charge in [0.2, 0.25) is 0 Å². The number of benzene rings is 2. The fourth-order valence-electron chi connectivity index (χ4n) is 2.69. The van der Waals surface area contributed by atoms with Crippen LogP contribution in [0.15, 0.2) is 53.4 Å². The van der Waals surface area contributed by atoms with Crippen molar-refractivity contribution < 1.29 is 29.3 Å². The molecule has 1 aliphatic heterocycles. The van der Waals surface area contributed by atoms with Crippen molar-refractivity contribution in [3.63, 3.8) is 0 Å². The number of para-hydroxylation sites is 1. The lowest BCUT2D eigenvalue weighted by molar-refractivity contribution is -0.145. The van der Waals surface area contributed by atoms with Crippen molar-refractivity contribution >= 4 is 52.2 Å². The van der Waals surface area contributed by atoms with Crippen LogP contribution in [0.4, 0.5) is 0 Å². The molecule has 0 saturated carbocycles. The molecule has 1 aliphatic rings. The van der Waals surface area contributed by atoms with Gasteiger partial charge in [-0.3, -0.25) is 15.0 Å². The smallest absolute Gasteiger partial charge is 0.344 e. The number of nitrogens with zero attached hydrogens (tertiary/aromatic N) is 1. The summed E-state index contributed by atoms with van der Waals surface area (Å²) in [5.74, 6) is -2.00. The maximum atomic E-state index is 12.8. The van der Waals surface area contributed by atoms with Crippen LogP contribution in [-0.4, -0.2) is 43.4 Å². The van der Waals surface area contributed by atoms with Gasteiger partial charge in [0.1, 0.15) is 11.5 Å². The van der Waals surface area contributed by atoms with Crippen LogP contribution in [0.3, 0.4) is 0 Å². The number of amides is 2. The number of carbonyl (C=O) groups is 3. The summed E-state index contributed by atoms with van der Waals surface area (Å²) in [6.07, 6.45) is 0.780. The van der Waals surface area contributed by atoms with E-state index < -0.39 is 23.9 Å². The summed E-state index contributed by atoms with van der Waals surface area (Å²) in [5, 5.41) is 19.7. The SMILES string of the molecule is CCC(Oc1ccccc1/C=C1\SC(=S)N(NC(=O)c2cccc(O)c2)C1=O)C(=O)O. The summed E-state index contributed by atoms with van der Waals surface area (Å²) >= 11 is 6.20. The van der Waals surface area contributed by atoms with Crippen molar-refractivity contribution in [2.24, 2.45) is 0 Å². The predicted molar refractivity (Wildman–Crippen MR) is 119 cm³/mol. The molecule has 8 nitrogen and oxygen atoms in total. The molecule has 2 amide bonds. The number of nitrogens with one attached hydrogen (secondary N) is 1. The van der Waals surface area contributed by atoms with Gasteiger partial charge in [-0.1, -0.05) is 43.0 Å². The highest BCUT2D eigenvalue weighted by Gasteiger charge is 2.34. The van der Waals surface area contributed by atoms with Crippen LogP contribution in [0.5, 0.6) is 11.5 Å². The molecule has 3 N–H and O–H groups in total. The number of thiocarbonyl (C=S) groups is 1. The molecule has 1 unspecified atom stereocenters. The monoisotopic (exact) mass is 458 g/mol. The van der Waals surface area contributed by atoms with Gasteiger partial charge in [0, 0.05) is 11.1 Å². The van der Waals surface area contributed by atoms with Crippen molar-refractivity contribution in [2.45, 2.75) is 19.4 Å². The van der Waals surface area contributed by atoms with Crippen LogP contribution in [0.1, 0.15) is 29.3 Å². The Balaban J connectivity index is 1.81. The third-order valence-electron chi connectivity index (χ3n) is 4.24. The van der Waals surface area contributed by atoms with Gasteiger partial charge in [0.15, 0.2) is 10.4 Å². The zero-order valence-corrected chi connectivity index (χ0v) is 17.9. The van der Waals surface area contributed by atoms with E-state index in [4.69, 9.17) is 17.0 Å². The summed E-state index contributed by atoms with van der Waals surface area (Å²) in [6, 6.07) is 12.4. The van der Waals surface area contributed by atoms with Gasteiger partial charge < -0.3 is 14.9 Å². The lowest BCUT2D eigenvalue weighted by Gasteiger charge is -2.16. The van der Waals surface area contributed by atoms with Gasteiger partial charge in [-0.05, 0) is 49.0 Å². The average molecular weight is 459 g/mol. The average Bonchev–Trinajstić information content (AvgIpc) is 3.00. The number of rotatable bonds is 7. The molecule has 0 spiro atoms. The Morgan fingerprint density at radius 2 is 2.00 bits per heavy atom. The van der Waals surface area contributed by atoms with Crippen molar-refractivity contribution in [2.75, 3.05) is 0 Å². The maximum absolute atomic E-state index is 12.8. The summed E-state index contributed by atoms with van der Waals surface area (Å²) in [6.45, 7) is 1.70. The van der Waals surface area contributed by atoms with E-state index in [1.54, 1.807) is 31.2 Å². The molecule has 31 heavy (non-hydrogen) atoms. The van der Waals surface area contributed by atoms with E-state index in [2.05, 4.69) is 5.43 Å². The molecule has 1 saturated heterocycles. The molecule has 1 fully saturated rings. The zero-order chi connectivity index (χ0) is 22.5. The third kappa shape index (κ3) is 5.22. The topological polar surface area (TPSA) is 116 Å². The van der Waals surface area contributed by atoms with E-state index >= 15 is 0 Å². The second-order valence-electron chi connectivity index (χ2n) is 6.40. The van der Waals surface area contributed by atoms with Crippen LogP contribution >= 0.6 is 24.0 Å². The van der Waals surface area contributed by atoms with Gasteiger partial charge in [0.05, 0.1) is 4.91 Å². The number of carboxylic acids is 1. The Morgan fingerprint density at radius 1 is 1.26 bits per heavy atom. The Bertz CT molecular complexity index is 1090. The molecule has 2 aromatic carbocycles. The number of thioether (sulfide) groups is 1. The van der Waals surface area contributed by atoms with Crippen LogP contribution in [0.25, 0.3) is 6.08 Å². The molecule has 0 bridgehead atoms. The first-order valence-electron chi connectivity index (χ1n) is 9.16. The summed E-state index contributed by atoms with van der Waals surface area (Å²) in [5.41, 5.74) is 3.10. The summed E-state index contributed by atoms with van der Waals surface area (Å²) < 4.78 is 5.71. The largest absolute Gasteiger partial charge is 0.508 e. The number of carboxylic acid groups (broad SMARTS) is 1. The van der Waals surface area contributed by atoms with Crippen LogP contribution in [0.2, 0.25) is 0 Å². The van der Waals surface area contributed by atoms with Gasteiger partial charge >= 0.3 is 5.97 Å². The normalized spacial score (nSPS) is 15.8. The molecule has 0 aliphatic carbocycles. The van der Waals surface area contributed by atoms with Crippen molar-refractivity contribution in [3.8, 4) is 11.5 Å². The highest BCUT2D eigenvalue weighted by Crippen LogP contribution is 2.33. The number of phenols is 1. The van der Waals surface area contributed by atoms with E-state index in [1.807, 2.05) is 0 Å². The number of hydrogen-bond donors (Lipinski definition) is 3. The lowest BCUT2D eigenvalue weighted by Crippen LogP contribution is -2.44. The summed E-state index contributed by atoms with van der Waals surface area (Å²) in [7, 11) is 0. The van der Waals surface area contributed by atoms with E-state index in [1.165, 1.54) is 30.3 Å². The quantitative estimate of drug-likeness (QED) is 0.428. The van der Waals surface area contributed by atoms with Crippen LogP contribution in [0, 0.1) is 0 Å². The number of phenolic OH excluding ortho intramolecular Hbond substituents is 1. The van der Waals surface area contributed by atoms with Gasteiger partial charge in [0.25, 0.3) is 11.8 Å². The zero-order valence-electron chi connectivity index (χ0n) is 16.3. The number of aliphatic carboxylic acids is 1. The van der Waals surface area contributed by atoms with Gasteiger partial charge in [-0.15, -0.1) is 0 Å². The molecule has 2 aromatic rings. The minimum Gasteiger partial charge on any atom is -0.508 e. The van der Waals surface area contributed by atoms with Crippen LogP contribution in [-0.2, 0) is 9.59 Å². The highest BCUT2D eigenvalue weighted by atomic mass is 32.2. The molecule has 1 atom stereocenters. The van der Waals surface area contributed by atoms with Crippen molar-refractivity contribution in [1.82, 2.24) is 10.4 Å². The molecular weight excluding hydrogens is 440 g/mol. The van der Waals surface area contributed by atoms with E-state index in [0.717, 1.165) is 16.8 Å². The Hall–Kier alpha value is -3.37. The molecule has 0 radical (unpaired) electrons. The second kappa shape index (κ2) is 9.63. The first kappa shape index (κ1) is 22.3. The first-order chi connectivity index (χ1) is 14.8. The minimum absolute atomic E-state index is 0.0821. The minimum atomic E-state index is -1.08. The highest BCUT2D eigenvalue weighted by molar-refractivity contribution is 8.26. The molecule has 10 heteroatoms. The Kier molecular flexibility index (Phi) is 6.93.